The molecule has 6 nitrogen and oxygen atoms in total. The normalized spacial score (nSPS) is 24.1. The van der Waals surface area contributed by atoms with Crippen LogP contribution in [-0.4, -0.2) is 54.2 Å². The van der Waals surface area contributed by atoms with Crippen molar-refractivity contribution >= 4 is 17.2 Å². The molecule has 1 N–H and O–H groups in total. The Bertz CT molecular complexity index is 810. The van der Waals surface area contributed by atoms with Gasteiger partial charge in [0.25, 0.3) is 5.91 Å². The van der Waals surface area contributed by atoms with Crippen molar-refractivity contribution in [3.8, 4) is 5.75 Å². The highest BCUT2D eigenvalue weighted by Crippen LogP contribution is 2.23. The zero-order valence-corrected chi connectivity index (χ0v) is 17.0. The second kappa shape index (κ2) is 9.03. The maximum absolute atomic E-state index is 12.5. The van der Waals surface area contributed by atoms with E-state index in [0.29, 0.717) is 6.61 Å². The molecule has 1 fully saturated rings. The average Bonchev–Trinajstić information content (AvgIpc) is 3.26. The van der Waals surface area contributed by atoms with Crippen LogP contribution in [-0.2, 0) is 22.5 Å². The van der Waals surface area contributed by atoms with E-state index < -0.39 is 0 Å². The third kappa shape index (κ3) is 4.71. The van der Waals surface area contributed by atoms with Crippen LogP contribution in [0.4, 0.5) is 0 Å². The SMILES string of the molecule is Cc1ncsc1CN1C[C@@H]2NC(=O)COc3ccccc3CCCCO[C@H]2C1. The van der Waals surface area contributed by atoms with E-state index in [2.05, 4.69) is 21.3 Å². The number of likely N-dealkylation sites (tertiary alicyclic amines) is 1. The predicted molar refractivity (Wildman–Crippen MR) is 109 cm³/mol. The second-order valence-corrected chi connectivity index (χ2v) is 8.43. The zero-order chi connectivity index (χ0) is 19.3. The van der Waals surface area contributed by atoms with Crippen molar-refractivity contribution in [2.24, 2.45) is 0 Å². The molecule has 0 aliphatic carbocycles. The molecule has 3 heterocycles. The lowest BCUT2D eigenvalue weighted by Crippen LogP contribution is -2.45. The van der Waals surface area contributed by atoms with Gasteiger partial charge in [0.1, 0.15) is 5.75 Å². The number of benzene rings is 1. The molecule has 2 aromatic rings. The summed E-state index contributed by atoms with van der Waals surface area (Å²) in [5.74, 6) is 0.714. The van der Waals surface area contributed by atoms with E-state index in [4.69, 9.17) is 9.47 Å². The van der Waals surface area contributed by atoms with Crippen molar-refractivity contribution in [1.29, 1.82) is 0 Å². The van der Waals surface area contributed by atoms with E-state index in [-0.39, 0.29) is 24.7 Å². The molecule has 150 valence electrons. The van der Waals surface area contributed by atoms with Crippen LogP contribution < -0.4 is 10.1 Å². The van der Waals surface area contributed by atoms with Crippen LogP contribution in [0.15, 0.2) is 29.8 Å². The summed E-state index contributed by atoms with van der Waals surface area (Å²) in [5, 5.41) is 3.13. The number of carbonyl (C=O) groups is 1. The van der Waals surface area contributed by atoms with Crippen molar-refractivity contribution in [1.82, 2.24) is 15.2 Å². The topological polar surface area (TPSA) is 63.7 Å². The first-order valence-corrected chi connectivity index (χ1v) is 10.8. The lowest BCUT2D eigenvalue weighted by Gasteiger charge is -2.20. The number of hydrogen-bond donors (Lipinski definition) is 1. The Kier molecular flexibility index (Phi) is 6.24. The van der Waals surface area contributed by atoms with Crippen molar-refractivity contribution < 1.29 is 14.3 Å². The quantitative estimate of drug-likeness (QED) is 0.838. The first-order valence-electron chi connectivity index (χ1n) is 9.92. The highest BCUT2D eigenvalue weighted by atomic mass is 32.1. The molecule has 28 heavy (non-hydrogen) atoms. The Morgan fingerprint density at radius 3 is 3.04 bits per heavy atom. The summed E-state index contributed by atoms with van der Waals surface area (Å²) in [6, 6.07) is 7.96. The number of nitrogens with one attached hydrogen (secondary N) is 1. The van der Waals surface area contributed by atoms with E-state index in [0.717, 1.165) is 55.9 Å². The number of amides is 1. The average molecular weight is 402 g/mol. The molecule has 0 bridgehead atoms. The van der Waals surface area contributed by atoms with Gasteiger partial charge in [-0.15, -0.1) is 11.3 Å². The van der Waals surface area contributed by atoms with Gasteiger partial charge in [-0.1, -0.05) is 18.2 Å². The lowest BCUT2D eigenvalue weighted by molar-refractivity contribution is -0.124. The van der Waals surface area contributed by atoms with Gasteiger partial charge in [-0.2, -0.15) is 0 Å². The third-order valence-electron chi connectivity index (χ3n) is 5.40. The highest BCUT2D eigenvalue weighted by Gasteiger charge is 2.35. The first kappa shape index (κ1) is 19.4. The summed E-state index contributed by atoms with van der Waals surface area (Å²) in [6.45, 7) is 5.25. The van der Waals surface area contributed by atoms with Crippen molar-refractivity contribution in [2.75, 3.05) is 26.3 Å². The molecule has 2 atom stereocenters. The summed E-state index contributed by atoms with van der Waals surface area (Å²) in [4.78, 5) is 20.5. The van der Waals surface area contributed by atoms with Gasteiger partial charge in [0, 0.05) is 31.1 Å². The number of nitrogens with zero attached hydrogens (tertiary/aromatic N) is 2. The largest absolute Gasteiger partial charge is 0.483 e. The molecule has 1 amide bonds. The van der Waals surface area contributed by atoms with Crippen LogP contribution >= 0.6 is 11.3 Å². The highest BCUT2D eigenvalue weighted by molar-refractivity contribution is 7.09. The van der Waals surface area contributed by atoms with Crippen LogP contribution in [0.1, 0.15) is 29.0 Å². The molecule has 0 unspecified atom stereocenters. The third-order valence-corrected chi connectivity index (χ3v) is 6.32. The number of aromatic nitrogens is 1. The predicted octanol–water partition coefficient (Wildman–Crippen LogP) is 2.55. The Morgan fingerprint density at radius 2 is 2.18 bits per heavy atom. The summed E-state index contributed by atoms with van der Waals surface area (Å²) in [5.41, 5.74) is 4.13. The Morgan fingerprint density at radius 1 is 1.29 bits per heavy atom. The van der Waals surface area contributed by atoms with Crippen LogP contribution in [0.2, 0.25) is 0 Å². The molecular formula is C21H27N3O3S. The molecule has 2 aliphatic rings. The number of hydrogen-bond acceptors (Lipinski definition) is 6. The number of thiazole rings is 1. The number of rotatable bonds is 2. The summed E-state index contributed by atoms with van der Waals surface area (Å²) < 4.78 is 12.0. The molecule has 2 aliphatic heterocycles. The Hall–Kier alpha value is -1.96. The molecule has 1 aromatic carbocycles. The van der Waals surface area contributed by atoms with Gasteiger partial charge in [-0.25, -0.2) is 4.98 Å². The van der Waals surface area contributed by atoms with E-state index in [9.17, 15) is 4.79 Å². The smallest absolute Gasteiger partial charge is 0.258 e. The fourth-order valence-electron chi connectivity index (χ4n) is 3.86. The van der Waals surface area contributed by atoms with E-state index in [1.165, 1.54) is 4.88 Å². The number of para-hydroxylation sites is 1. The first-order chi connectivity index (χ1) is 13.7. The van der Waals surface area contributed by atoms with Crippen LogP contribution in [0, 0.1) is 6.92 Å². The second-order valence-electron chi connectivity index (χ2n) is 7.49. The van der Waals surface area contributed by atoms with Crippen LogP contribution in [0.3, 0.4) is 0 Å². The van der Waals surface area contributed by atoms with Gasteiger partial charge in [0.05, 0.1) is 23.4 Å². The van der Waals surface area contributed by atoms with Gasteiger partial charge in [0.15, 0.2) is 6.61 Å². The van der Waals surface area contributed by atoms with Gasteiger partial charge >= 0.3 is 0 Å². The van der Waals surface area contributed by atoms with E-state index in [1.807, 2.05) is 30.6 Å². The fourth-order valence-corrected chi connectivity index (χ4v) is 4.68. The standard InChI is InChI=1S/C21H27N3O3S/c1-15-20(28-14-22-15)12-24-10-17-19(11-24)26-9-5-4-7-16-6-2-3-8-18(16)27-13-21(25)23-17/h2-3,6,8,14,17,19H,4-5,7,9-13H2,1H3,(H,23,25)/t17-,19-/m0/s1. The van der Waals surface area contributed by atoms with Crippen molar-refractivity contribution in [3.05, 3.63) is 45.9 Å². The van der Waals surface area contributed by atoms with Gasteiger partial charge in [-0.05, 0) is 37.8 Å². The maximum Gasteiger partial charge on any atom is 0.258 e. The van der Waals surface area contributed by atoms with E-state index in [1.54, 1.807) is 11.3 Å². The maximum atomic E-state index is 12.5. The molecular weight excluding hydrogens is 374 g/mol. The fraction of sp³-hybridized carbons (Fsp3) is 0.524. The minimum Gasteiger partial charge on any atom is -0.483 e. The molecule has 0 radical (unpaired) electrons. The Balaban J connectivity index is 1.42. The number of fused-ring (bicyclic) bond motifs is 2. The lowest BCUT2D eigenvalue weighted by atomic mass is 10.1. The zero-order valence-electron chi connectivity index (χ0n) is 16.2. The van der Waals surface area contributed by atoms with Crippen LogP contribution in [0.5, 0.6) is 5.75 Å². The van der Waals surface area contributed by atoms with Crippen molar-refractivity contribution in [3.63, 3.8) is 0 Å². The Labute approximate surface area is 169 Å². The van der Waals surface area contributed by atoms with Crippen LogP contribution in [0.25, 0.3) is 0 Å². The monoisotopic (exact) mass is 401 g/mol. The summed E-state index contributed by atoms with van der Waals surface area (Å²) >= 11 is 1.69. The van der Waals surface area contributed by atoms with Gasteiger partial charge < -0.3 is 14.8 Å². The molecule has 4 rings (SSSR count). The van der Waals surface area contributed by atoms with Gasteiger partial charge in [0.2, 0.25) is 0 Å². The molecule has 1 aromatic heterocycles. The minimum atomic E-state index is -0.0940. The molecule has 0 spiro atoms. The number of aryl methyl sites for hydroxylation is 2. The number of carbonyl (C=O) groups excluding carboxylic acids is 1. The molecule has 1 saturated heterocycles. The van der Waals surface area contributed by atoms with E-state index >= 15 is 0 Å². The van der Waals surface area contributed by atoms with Gasteiger partial charge in [-0.3, -0.25) is 9.69 Å². The molecule has 7 heteroatoms. The molecule has 0 saturated carbocycles. The summed E-state index contributed by atoms with van der Waals surface area (Å²) in [6.07, 6.45) is 2.99. The minimum absolute atomic E-state index is 0.0136. The number of ether oxygens (including phenoxy) is 2. The summed E-state index contributed by atoms with van der Waals surface area (Å²) in [7, 11) is 0. The van der Waals surface area contributed by atoms with Crippen molar-refractivity contribution in [2.45, 2.75) is 44.9 Å².